The number of aryl methyl sites for hydroxylation is 1. The number of amides is 1. The topological polar surface area (TPSA) is 85.8 Å². The number of hydrogen-bond acceptors (Lipinski definition) is 4. The van der Waals surface area contributed by atoms with Gasteiger partial charge >= 0.3 is 0 Å². The summed E-state index contributed by atoms with van der Waals surface area (Å²) in [5.74, 6) is 0.595. The summed E-state index contributed by atoms with van der Waals surface area (Å²) in [7, 11) is 1.85. The molecule has 0 aliphatic heterocycles. The van der Waals surface area contributed by atoms with Gasteiger partial charge in [0, 0.05) is 12.6 Å². The van der Waals surface area contributed by atoms with Crippen molar-refractivity contribution in [3.05, 3.63) is 47.5 Å². The molecule has 1 heterocycles. The number of hydrogen-bond donors (Lipinski definition) is 2. The quantitative estimate of drug-likeness (QED) is 0.844. The highest BCUT2D eigenvalue weighted by Gasteiger charge is 2.15. The Morgan fingerprint density at radius 3 is 2.65 bits per heavy atom. The Kier molecular flexibility index (Phi) is 4.47. The first-order valence-corrected chi connectivity index (χ1v) is 6.55. The molecule has 20 heavy (non-hydrogen) atoms. The van der Waals surface area contributed by atoms with E-state index in [0.717, 1.165) is 17.8 Å². The summed E-state index contributed by atoms with van der Waals surface area (Å²) >= 11 is 0. The molecule has 0 aliphatic carbocycles. The molecule has 6 nitrogen and oxygen atoms in total. The monoisotopic (exact) mass is 273 g/mol. The van der Waals surface area contributed by atoms with Gasteiger partial charge < -0.3 is 15.6 Å². The van der Waals surface area contributed by atoms with Crippen LogP contribution in [0.3, 0.4) is 0 Å². The molecule has 0 spiro atoms. The van der Waals surface area contributed by atoms with Gasteiger partial charge in [-0.15, -0.1) is 10.2 Å². The van der Waals surface area contributed by atoms with Gasteiger partial charge in [0.25, 0.3) is 5.91 Å². The maximum Gasteiger partial charge on any atom is 0.251 e. The second-order valence-corrected chi connectivity index (χ2v) is 4.73. The largest absolute Gasteiger partial charge is 0.342 e. The molecule has 1 amide bonds. The molecule has 106 valence electrons. The standard InChI is InChI=1S/C14H19N5O/c1-10(13-18-16-9-19(13)2)17-14(20)12-5-3-11(4-6-12)7-8-15/h3-6,9-10H,7-8,15H2,1-2H3,(H,17,20). The maximum atomic E-state index is 12.1. The van der Waals surface area contributed by atoms with E-state index in [1.807, 2.05) is 38.2 Å². The van der Waals surface area contributed by atoms with Crippen LogP contribution in [-0.2, 0) is 13.5 Å². The Balaban J connectivity index is 2.03. The first kappa shape index (κ1) is 14.2. The molecule has 3 N–H and O–H groups in total. The van der Waals surface area contributed by atoms with Gasteiger partial charge in [-0.25, -0.2) is 0 Å². The van der Waals surface area contributed by atoms with Crippen LogP contribution in [0, 0.1) is 0 Å². The van der Waals surface area contributed by atoms with Crippen LogP contribution in [-0.4, -0.2) is 27.2 Å². The number of nitrogens with zero attached hydrogens (tertiary/aromatic N) is 3. The van der Waals surface area contributed by atoms with E-state index in [0.29, 0.717) is 12.1 Å². The lowest BCUT2D eigenvalue weighted by Gasteiger charge is -2.13. The van der Waals surface area contributed by atoms with Crippen molar-refractivity contribution in [3.63, 3.8) is 0 Å². The minimum atomic E-state index is -0.196. The van der Waals surface area contributed by atoms with Crippen LogP contribution in [0.25, 0.3) is 0 Å². The van der Waals surface area contributed by atoms with Crippen molar-refractivity contribution in [1.29, 1.82) is 0 Å². The highest BCUT2D eigenvalue weighted by molar-refractivity contribution is 5.94. The third-order valence-corrected chi connectivity index (χ3v) is 3.13. The predicted octanol–water partition coefficient (Wildman–Crippen LogP) is 0.807. The van der Waals surface area contributed by atoms with Gasteiger partial charge in [-0.05, 0) is 37.6 Å². The van der Waals surface area contributed by atoms with Crippen LogP contribution in [0.15, 0.2) is 30.6 Å². The lowest BCUT2D eigenvalue weighted by Crippen LogP contribution is -2.28. The Labute approximate surface area is 118 Å². The number of benzene rings is 1. The average Bonchev–Trinajstić information content (AvgIpc) is 2.86. The molecular weight excluding hydrogens is 254 g/mol. The van der Waals surface area contributed by atoms with E-state index < -0.39 is 0 Å². The number of nitrogens with two attached hydrogens (primary N) is 1. The minimum Gasteiger partial charge on any atom is -0.342 e. The first-order chi connectivity index (χ1) is 9.61. The number of nitrogens with one attached hydrogen (secondary N) is 1. The molecule has 0 aliphatic rings. The fraction of sp³-hybridized carbons (Fsp3) is 0.357. The van der Waals surface area contributed by atoms with Gasteiger partial charge in [-0.3, -0.25) is 4.79 Å². The summed E-state index contributed by atoms with van der Waals surface area (Å²) < 4.78 is 1.79. The number of aromatic nitrogens is 3. The van der Waals surface area contributed by atoms with E-state index in [1.54, 1.807) is 10.9 Å². The van der Waals surface area contributed by atoms with E-state index >= 15 is 0 Å². The fourth-order valence-electron chi connectivity index (χ4n) is 2.02. The Morgan fingerprint density at radius 2 is 2.10 bits per heavy atom. The van der Waals surface area contributed by atoms with E-state index in [4.69, 9.17) is 5.73 Å². The van der Waals surface area contributed by atoms with Gasteiger partial charge in [-0.2, -0.15) is 0 Å². The molecule has 0 radical (unpaired) electrons. The summed E-state index contributed by atoms with van der Waals surface area (Å²) in [5, 5.41) is 10.7. The second-order valence-electron chi connectivity index (χ2n) is 4.73. The van der Waals surface area contributed by atoms with Gasteiger partial charge in [0.05, 0.1) is 6.04 Å². The molecule has 6 heteroatoms. The molecule has 1 atom stereocenters. The summed E-state index contributed by atoms with van der Waals surface area (Å²) in [6.07, 6.45) is 2.43. The number of carbonyl (C=O) groups is 1. The van der Waals surface area contributed by atoms with Gasteiger partial charge in [0.1, 0.15) is 6.33 Å². The minimum absolute atomic E-state index is 0.125. The van der Waals surface area contributed by atoms with Gasteiger partial charge in [0.15, 0.2) is 5.82 Å². The molecule has 0 saturated carbocycles. The summed E-state index contributed by atoms with van der Waals surface area (Å²) in [4.78, 5) is 12.1. The van der Waals surface area contributed by atoms with Crippen LogP contribution in [0.4, 0.5) is 0 Å². The smallest absolute Gasteiger partial charge is 0.251 e. The maximum absolute atomic E-state index is 12.1. The lowest BCUT2D eigenvalue weighted by molar-refractivity contribution is 0.0938. The van der Waals surface area contributed by atoms with Crippen LogP contribution >= 0.6 is 0 Å². The summed E-state index contributed by atoms with van der Waals surface area (Å²) in [6.45, 7) is 2.49. The van der Waals surface area contributed by atoms with Crippen LogP contribution in [0.1, 0.15) is 34.7 Å². The van der Waals surface area contributed by atoms with Crippen molar-refractivity contribution in [3.8, 4) is 0 Å². The molecule has 1 aromatic carbocycles. The van der Waals surface area contributed by atoms with E-state index in [2.05, 4.69) is 15.5 Å². The Morgan fingerprint density at radius 1 is 1.40 bits per heavy atom. The molecule has 2 aromatic rings. The number of carbonyl (C=O) groups excluding carboxylic acids is 1. The summed E-state index contributed by atoms with van der Waals surface area (Å²) in [6, 6.07) is 7.27. The Bertz CT molecular complexity index is 576. The highest BCUT2D eigenvalue weighted by Crippen LogP contribution is 2.10. The van der Waals surface area contributed by atoms with Crippen molar-refractivity contribution in [2.45, 2.75) is 19.4 Å². The molecular formula is C14H19N5O. The molecule has 0 bridgehead atoms. The van der Waals surface area contributed by atoms with E-state index in [-0.39, 0.29) is 11.9 Å². The molecule has 1 unspecified atom stereocenters. The molecule has 0 fully saturated rings. The SMILES string of the molecule is CC(NC(=O)c1ccc(CCN)cc1)c1nncn1C. The zero-order valence-corrected chi connectivity index (χ0v) is 11.7. The molecule has 2 rings (SSSR count). The first-order valence-electron chi connectivity index (χ1n) is 6.55. The third kappa shape index (κ3) is 3.21. The normalized spacial score (nSPS) is 12.2. The van der Waals surface area contributed by atoms with Crippen LogP contribution < -0.4 is 11.1 Å². The predicted molar refractivity (Wildman–Crippen MR) is 76.1 cm³/mol. The second kappa shape index (κ2) is 6.29. The lowest BCUT2D eigenvalue weighted by atomic mass is 10.1. The van der Waals surface area contributed by atoms with Crippen molar-refractivity contribution < 1.29 is 4.79 Å². The summed E-state index contributed by atoms with van der Waals surface area (Å²) in [5.41, 5.74) is 7.25. The Hall–Kier alpha value is -2.21. The van der Waals surface area contributed by atoms with Gasteiger partial charge in [-0.1, -0.05) is 12.1 Å². The van der Waals surface area contributed by atoms with Crippen molar-refractivity contribution >= 4 is 5.91 Å². The van der Waals surface area contributed by atoms with E-state index in [1.165, 1.54) is 0 Å². The van der Waals surface area contributed by atoms with Crippen LogP contribution in [0.2, 0.25) is 0 Å². The molecule has 1 aromatic heterocycles. The van der Waals surface area contributed by atoms with E-state index in [9.17, 15) is 4.79 Å². The third-order valence-electron chi connectivity index (χ3n) is 3.13. The zero-order valence-electron chi connectivity index (χ0n) is 11.7. The molecule has 0 saturated heterocycles. The zero-order chi connectivity index (χ0) is 14.5. The van der Waals surface area contributed by atoms with Crippen LogP contribution in [0.5, 0.6) is 0 Å². The van der Waals surface area contributed by atoms with Crippen molar-refractivity contribution in [1.82, 2.24) is 20.1 Å². The van der Waals surface area contributed by atoms with Crippen molar-refractivity contribution in [2.75, 3.05) is 6.54 Å². The average molecular weight is 273 g/mol. The van der Waals surface area contributed by atoms with Gasteiger partial charge in [0.2, 0.25) is 0 Å². The van der Waals surface area contributed by atoms with Crippen molar-refractivity contribution in [2.24, 2.45) is 12.8 Å². The number of rotatable bonds is 5. The highest BCUT2D eigenvalue weighted by atomic mass is 16.1. The fourth-order valence-corrected chi connectivity index (χ4v) is 2.02.